The molecular formula is C13H18Br3NO3. The van der Waals surface area contributed by atoms with Gasteiger partial charge < -0.3 is 19.5 Å². The van der Waals surface area contributed by atoms with E-state index >= 15 is 0 Å². The predicted molar refractivity (Wildman–Crippen MR) is 91.5 cm³/mol. The Morgan fingerprint density at radius 2 is 1.45 bits per heavy atom. The third kappa shape index (κ3) is 7.38. The minimum Gasteiger partial charge on any atom is -0.382 e. The minimum absolute atomic E-state index is 0.591. The van der Waals surface area contributed by atoms with Gasteiger partial charge in [0.15, 0.2) is 0 Å². The fourth-order valence-electron chi connectivity index (χ4n) is 1.42. The number of ether oxygens (including phenoxy) is 3. The summed E-state index contributed by atoms with van der Waals surface area (Å²) in [6, 6.07) is 4.00. The average Bonchev–Trinajstić information content (AvgIpc) is 2.39. The van der Waals surface area contributed by atoms with Crippen LogP contribution in [-0.2, 0) is 14.2 Å². The Morgan fingerprint density at radius 3 is 2.05 bits per heavy atom. The van der Waals surface area contributed by atoms with Gasteiger partial charge in [-0.25, -0.2) is 0 Å². The third-order valence-electron chi connectivity index (χ3n) is 2.36. The first-order valence-corrected chi connectivity index (χ1v) is 8.56. The first kappa shape index (κ1) is 18.4. The summed E-state index contributed by atoms with van der Waals surface area (Å²) >= 11 is 10.5. The molecule has 20 heavy (non-hydrogen) atoms. The summed E-state index contributed by atoms with van der Waals surface area (Å²) in [7, 11) is 1.66. The van der Waals surface area contributed by atoms with Crippen LogP contribution in [0.15, 0.2) is 25.6 Å². The van der Waals surface area contributed by atoms with Crippen LogP contribution in [0.1, 0.15) is 0 Å². The molecule has 0 unspecified atom stereocenters. The summed E-state index contributed by atoms with van der Waals surface area (Å²) in [6.07, 6.45) is 0. The van der Waals surface area contributed by atoms with Crippen LogP contribution >= 0.6 is 47.8 Å². The first-order valence-electron chi connectivity index (χ1n) is 6.18. The van der Waals surface area contributed by atoms with Crippen LogP contribution < -0.4 is 5.32 Å². The van der Waals surface area contributed by atoms with Gasteiger partial charge >= 0.3 is 0 Å². The maximum absolute atomic E-state index is 5.47. The fraction of sp³-hybridized carbons (Fsp3) is 0.538. The maximum atomic E-state index is 5.47. The predicted octanol–water partition coefficient (Wildman–Crippen LogP) is 4.07. The van der Waals surface area contributed by atoms with Gasteiger partial charge in [-0.3, -0.25) is 0 Å². The zero-order valence-corrected chi connectivity index (χ0v) is 16.0. The van der Waals surface area contributed by atoms with Crippen molar-refractivity contribution in [2.45, 2.75) is 0 Å². The van der Waals surface area contributed by atoms with Crippen molar-refractivity contribution < 1.29 is 14.2 Å². The SMILES string of the molecule is COCCOCCOCCNc1c(Br)cc(Br)cc1Br. The Morgan fingerprint density at radius 1 is 0.900 bits per heavy atom. The average molecular weight is 476 g/mol. The molecule has 0 radical (unpaired) electrons. The monoisotopic (exact) mass is 473 g/mol. The smallest absolute Gasteiger partial charge is 0.0701 e. The molecule has 0 atom stereocenters. The molecule has 4 nitrogen and oxygen atoms in total. The van der Waals surface area contributed by atoms with Crippen LogP contribution in [-0.4, -0.2) is 46.7 Å². The van der Waals surface area contributed by atoms with Crippen LogP contribution in [0.25, 0.3) is 0 Å². The van der Waals surface area contributed by atoms with Crippen molar-refractivity contribution in [2.24, 2.45) is 0 Å². The lowest BCUT2D eigenvalue weighted by atomic mass is 10.3. The summed E-state index contributed by atoms with van der Waals surface area (Å²) < 4.78 is 18.7. The van der Waals surface area contributed by atoms with Crippen molar-refractivity contribution in [3.63, 3.8) is 0 Å². The Labute approximate surface area is 144 Å². The van der Waals surface area contributed by atoms with Gasteiger partial charge in [0.25, 0.3) is 0 Å². The molecule has 1 aromatic carbocycles. The number of nitrogens with one attached hydrogen (secondary N) is 1. The molecule has 1 rings (SSSR count). The molecule has 0 aliphatic heterocycles. The van der Waals surface area contributed by atoms with Gasteiger partial charge in [0, 0.05) is 27.1 Å². The van der Waals surface area contributed by atoms with Gasteiger partial charge in [0.1, 0.15) is 0 Å². The van der Waals surface area contributed by atoms with Crippen LogP contribution in [0, 0.1) is 0 Å². The standard InChI is InChI=1S/C13H18Br3NO3/c1-18-4-5-20-7-6-19-3-2-17-13-11(15)8-10(14)9-12(13)16/h8-9,17H,2-7H2,1H3. The number of methoxy groups -OCH3 is 1. The molecule has 7 heteroatoms. The van der Waals surface area contributed by atoms with E-state index in [1.807, 2.05) is 12.1 Å². The van der Waals surface area contributed by atoms with E-state index in [0.717, 1.165) is 25.7 Å². The molecule has 0 aliphatic carbocycles. The van der Waals surface area contributed by atoms with Gasteiger partial charge in [-0.2, -0.15) is 0 Å². The zero-order chi connectivity index (χ0) is 14.8. The highest BCUT2D eigenvalue weighted by atomic mass is 79.9. The van der Waals surface area contributed by atoms with Crippen molar-refractivity contribution in [1.82, 2.24) is 0 Å². The molecule has 0 spiro atoms. The lowest BCUT2D eigenvalue weighted by molar-refractivity contribution is 0.0272. The van der Waals surface area contributed by atoms with E-state index in [0.29, 0.717) is 33.0 Å². The quantitative estimate of drug-likeness (QED) is 0.518. The van der Waals surface area contributed by atoms with Gasteiger partial charge in [-0.1, -0.05) is 15.9 Å². The Kier molecular flexibility index (Phi) is 10.1. The molecule has 0 aliphatic rings. The van der Waals surface area contributed by atoms with Gasteiger partial charge in [-0.05, 0) is 44.0 Å². The molecule has 0 amide bonds. The van der Waals surface area contributed by atoms with E-state index in [4.69, 9.17) is 14.2 Å². The van der Waals surface area contributed by atoms with Crippen LogP contribution in [0.3, 0.4) is 0 Å². The van der Waals surface area contributed by atoms with Crippen molar-refractivity contribution >= 4 is 53.5 Å². The second-order valence-corrected chi connectivity index (χ2v) is 6.51. The molecule has 0 heterocycles. The van der Waals surface area contributed by atoms with E-state index in [2.05, 4.69) is 53.1 Å². The number of hydrogen-bond donors (Lipinski definition) is 1. The van der Waals surface area contributed by atoms with Crippen molar-refractivity contribution in [2.75, 3.05) is 52.0 Å². The number of benzene rings is 1. The minimum atomic E-state index is 0.591. The molecule has 1 N–H and O–H groups in total. The molecule has 0 aromatic heterocycles. The van der Waals surface area contributed by atoms with Gasteiger partial charge in [0.05, 0.1) is 38.7 Å². The summed E-state index contributed by atoms with van der Waals surface area (Å²) in [5, 5.41) is 3.32. The molecule has 0 bridgehead atoms. The van der Waals surface area contributed by atoms with E-state index in [1.54, 1.807) is 7.11 Å². The first-order chi connectivity index (χ1) is 9.65. The van der Waals surface area contributed by atoms with E-state index in [9.17, 15) is 0 Å². The molecular weight excluding hydrogens is 458 g/mol. The van der Waals surface area contributed by atoms with Crippen molar-refractivity contribution in [3.8, 4) is 0 Å². The van der Waals surface area contributed by atoms with Crippen molar-refractivity contribution in [3.05, 3.63) is 25.6 Å². The van der Waals surface area contributed by atoms with E-state index in [-0.39, 0.29) is 0 Å². The Bertz CT molecular complexity index is 381. The molecule has 0 fully saturated rings. The Balaban J connectivity index is 2.13. The highest BCUT2D eigenvalue weighted by molar-refractivity contribution is 9.11. The number of hydrogen-bond acceptors (Lipinski definition) is 4. The molecule has 114 valence electrons. The second kappa shape index (κ2) is 11.0. The van der Waals surface area contributed by atoms with Crippen LogP contribution in [0.4, 0.5) is 5.69 Å². The van der Waals surface area contributed by atoms with E-state index in [1.165, 1.54) is 0 Å². The summed E-state index contributed by atoms with van der Waals surface area (Å²) in [6.45, 7) is 3.77. The number of halogens is 3. The van der Waals surface area contributed by atoms with Crippen molar-refractivity contribution in [1.29, 1.82) is 0 Å². The maximum Gasteiger partial charge on any atom is 0.0701 e. The van der Waals surface area contributed by atoms with Gasteiger partial charge in [-0.15, -0.1) is 0 Å². The molecule has 0 saturated carbocycles. The Hall–Kier alpha value is 0.340. The topological polar surface area (TPSA) is 39.7 Å². The number of rotatable bonds is 10. The van der Waals surface area contributed by atoms with E-state index < -0.39 is 0 Å². The normalized spacial score (nSPS) is 10.8. The molecule has 1 aromatic rings. The molecule has 0 saturated heterocycles. The van der Waals surface area contributed by atoms with Crippen LogP contribution in [0.2, 0.25) is 0 Å². The highest BCUT2D eigenvalue weighted by Gasteiger charge is 2.05. The summed E-state index contributed by atoms with van der Waals surface area (Å²) in [5.74, 6) is 0. The lowest BCUT2D eigenvalue weighted by Gasteiger charge is -2.12. The largest absolute Gasteiger partial charge is 0.382 e. The van der Waals surface area contributed by atoms with Gasteiger partial charge in [0.2, 0.25) is 0 Å². The summed E-state index contributed by atoms with van der Waals surface area (Å²) in [4.78, 5) is 0. The zero-order valence-electron chi connectivity index (χ0n) is 11.3. The lowest BCUT2D eigenvalue weighted by Crippen LogP contribution is -2.14. The third-order valence-corrected chi connectivity index (χ3v) is 4.07. The van der Waals surface area contributed by atoms with Crippen LogP contribution in [0.5, 0.6) is 0 Å². The number of anilines is 1. The second-order valence-electron chi connectivity index (χ2n) is 3.89. The summed E-state index contributed by atoms with van der Waals surface area (Å²) in [5.41, 5.74) is 1.02. The highest BCUT2D eigenvalue weighted by Crippen LogP contribution is 2.34. The fourth-order valence-corrected chi connectivity index (χ4v) is 3.96.